The number of aryl methyl sites for hydroxylation is 3. The highest BCUT2D eigenvalue weighted by atomic mass is 19.1. The number of amides is 1. The molecule has 0 atom stereocenters. The molecule has 3 rings (SSSR count). The van der Waals surface area contributed by atoms with E-state index < -0.39 is 17.7 Å². The van der Waals surface area contributed by atoms with Crippen molar-refractivity contribution in [2.24, 2.45) is 0 Å². The summed E-state index contributed by atoms with van der Waals surface area (Å²) in [4.78, 5) is 23.7. The Morgan fingerprint density at radius 1 is 1.12 bits per heavy atom. The van der Waals surface area contributed by atoms with Gasteiger partial charge in [0.25, 0.3) is 5.91 Å². The molecule has 1 aliphatic carbocycles. The van der Waals surface area contributed by atoms with Crippen LogP contribution in [0, 0.1) is 12.7 Å². The van der Waals surface area contributed by atoms with Crippen LogP contribution in [0.15, 0.2) is 36.4 Å². The molecule has 0 saturated heterocycles. The van der Waals surface area contributed by atoms with Crippen molar-refractivity contribution in [1.82, 2.24) is 0 Å². The molecule has 130 valence electrons. The number of fused-ring (bicyclic) bond motifs is 1. The molecular weight excluding hydrogens is 321 g/mol. The van der Waals surface area contributed by atoms with Crippen molar-refractivity contribution in [2.45, 2.75) is 32.6 Å². The fourth-order valence-electron chi connectivity index (χ4n) is 2.97. The molecule has 0 bridgehead atoms. The molecule has 0 radical (unpaired) electrons. The number of halogens is 1. The molecule has 0 heterocycles. The Labute approximate surface area is 146 Å². The Balaban J connectivity index is 1.48. The second-order valence-corrected chi connectivity index (χ2v) is 6.31. The smallest absolute Gasteiger partial charge is 0.310 e. The molecule has 1 amide bonds. The first kappa shape index (κ1) is 17.1. The van der Waals surface area contributed by atoms with E-state index in [2.05, 4.69) is 11.4 Å². The zero-order valence-corrected chi connectivity index (χ0v) is 14.1. The highest BCUT2D eigenvalue weighted by Crippen LogP contribution is 2.23. The molecule has 4 nitrogen and oxygen atoms in total. The molecule has 1 N–H and O–H groups in total. The van der Waals surface area contributed by atoms with Crippen molar-refractivity contribution in [3.63, 3.8) is 0 Å². The maximum Gasteiger partial charge on any atom is 0.310 e. The summed E-state index contributed by atoms with van der Waals surface area (Å²) in [6.07, 6.45) is 3.44. The van der Waals surface area contributed by atoms with Crippen molar-refractivity contribution in [3.05, 3.63) is 64.5 Å². The van der Waals surface area contributed by atoms with Gasteiger partial charge in [0.2, 0.25) is 0 Å². The molecule has 5 heteroatoms. The van der Waals surface area contributed by atoms with E-state index in [0.29, 0.717) is 11.3 Å². The minimum absolute atomic E-state index is 0.139. The van der Waals surface area contributed by atoms with Crippen molar-refractivity contribution in [2.75, 3.05) is 11.9 Å². The number of carbonyl (C=O) groups is 2. The van der Waals surface area contributed by atoms with Gasteiger partial charge in [0, 0.05) is 5.69 Å². The van der Waals surface area contributed by atoms with Crippen molar-refractivity contribution >= 4 is 17.6 Å². The lowest BCUT2D eigenvalue weighted by Gasteiger charge is -2.08. The zero-order valence-electron chi connectivity index (χ0n) is 14.1. The number of nitrogens with one attached hydrogen (secondary N) is 1. The minimum Gasteiger partial charge on any atom is -0.455 e. The third kappa shape index (κ3) is 4.44. The predicted molar refractivity (Wildman–Crippen MR) is 92.9 cm³/mol. The molecule has 25 heavy (non-hydrogen) atoms. The molecular formula is C20H20FNO3. The van der Waals surface area contributed by atoms with Gasteiger partial charge in [-0.3, -0.25) is 9.59 Å². The van der Waals surface area contributed by atoms with Gasteiger partial charge in [-0.1, -0.05) is 24.3 Å². The molecule has 0 fully saturated rings. The summed E-state index contributed by atoms with van der Waals surface area (Å²) in [5, 5.41) is 2.51. The third-order valence-corrected chi connectivity index (χ3v) is 4.33. The van der Waals surface area contributed by atoms with Crippen LogP contribution in [-0.2, 0) is 33.6 Å². The number of carbonyl (C=O) groups excluding carboxylic acids is 2. The second kappa shape index (κ2) is 7.47. The van der Waals surface area contributed by atoms with Gasteiger partial charge in [0.15, 0.2) is 6.61 Å². The lowest BCUT2D eigenvalue weighted by Crippen LogP contribution is -2.21. The average Bonchev–Trinajstić information content (AvgIpc) is 3.04. The van der Waals surface area contributed by atoms with E-state index >= 15 is 0 Å². The van der Waals surface area contributed by atoms with Gasteiger partial charge in [0.1, 0.15) is 5.82 Å². The SMILES string of the molecule is Cc1ccc(NC(=O)COC(=O)Cc2ccc3c(c2)CCC3)cc1F. The summed E-state index contributed by atoms with van der Waals surface area (Å²) >= 11 is 0. The Bertz CT molecular complexity index is 817. The Morgan fingerprint density at radius 2 is 1.92 bits per heavy atom. The Kier molecular flexibility index (Phi) is 5.12. The number of anilines is 1. The van der Waals surface area contributed by atoms with E-state index in [1.165, 1.54) is 17.2 Å². The van der Waals surface area contributed by atoms with Crippen LogP contribution in [0.2, 0.25) is 0 Å². The second-order valence-electron chi connectivity index (χ2n) is 6.31. The number of hydrogen-bond donors (Lipinski definition) is 1. The van der Waals surface area contributed by atoms with Crippen LogP contribution >= 0.6 is 0 Å². The molecule has 0 spiro atoms. The first-order valence-corrected chi connectivity index (χ1v) is 8.33. The van der Waals surface area contributed by atoms with Gasteiger partial charge in [0.05, 0.1) is 6.42 Å². The molecule has 2 aromatic carbocycles. The molecule has 0 saturated carbocycles. The van der Waals surface area contributed by atoms with Gasteiger partial charge in [-0.15, -0.1) is 0 Å². The molecule has 0 aromatic heterocycles. The quantitative estimate of drug-likeness (QED) is 0.849. The average molecular weight is 341 g/mol. The maximum atomic E-state index is 13.4. The third-order valence-electron chi connectivity index (χ3n) is 4.33. The summed E-state index contributed by atoms with van der Waals surface area (Å²) in [5.41, 5.74) is 4.37. The topological polar surface area (TPSA) is 55.4 Å². The van der Waals surface area contributed by atoms with Crippen molar-refractivity contribution in [1.29, 1.82) is 0 Å². The van der Waals surface area contributed by atoms with Crippen LogP contribution in [0.25, 0.3) is 0 Å². The lowest BCUT2D eigenvalue weighted by atomic mass is 10.0. The normalized spacial score (nSPS) is 12.6. The summed E-state index contributed by atoms with van der Waals surface area (Å²) in [7, 11) is 0. The molecule has 0 aliphatic heterocycles. The van der Waals surface area contributed by atoms with E-state index in [4.69, 9.17) is 4.74 Å². The van der Waals surface area contributed by atoms with Crippen LogP contribution in [0.3, 0.4) is 0 Å². The molecule has 1 aliphatic rings. The predicted octanol–water partition coefficient (Wildman–Crippen LogP) is 3.35. The minimum atomic E-state index is -0.495. The zero-order chi connectivity index (χ0) is 17.8. The maximum absolute atomic E-state index is 13.4. The number of ether oxygens (including phenoxy) is 1. The Hall–Kier alpha value is -2.69. The number of rotatable bonds is 5. The highest BCUT2D eigenvalue weighted by Gasteiger charge is 2.14. The fourth-order valence-corrected chi connectivity index (χ4v) is 2.97. The van der Waals surface area contributed by atoms with Crippen molar-refractivity contribution in [3.8, 4) is 0 Å². The van der Waals surface area contributed by atoms with Crippen LogP contribution in [-0.4, -0.2) is 18.5 Å². The van der Waals surface area contributed by atoms with Gasteiger partial charge in [-0.05, 0) is 60.6 Å². The summed E-state index contributed by atoms with van der Waals surface area (Å²) in [6, 6.07) is 10.4. The van der Waals surface area contributed by atoms with E-state index in [9.17, 15) is 14.0 Å². The first-order chi connectivity index (χ1) is 12.0. The van der Waals surface area contributed by atoms with E-state index in [1.807, 2.05) is 12.1 Å². The van der Waals surface area contributed by atoms with E-state index in [1.54, 1.807) is 19.1 Å². The van der Waals surface area contributed by atoms with E-state index in [0.717, 1.165) is 24.8 Å². The number of benzene rings is 2. The van der Waals surface area contributed by atoms with E-state index in [-0.39, 0.29) is 13.0 Å². The fraction of sp³-hybridized carbons (Fsp3) is 0.300. The summed E-state index contributed by atoms with van der Waals surface area (Å²) in [6.45, 7) is 1.25. The van der Waals surface area contributed by atoms with Crippen LogP contribution in [0.4, 0.5) is 10.1 Å². The largest absolute Gasteiger partial charge is 0.455 e. The highest BCUT2D eigenvalue weighted by molar-refractivity contribution is 5.92. The first-order valence-electron chi connectivity index (χ1n) is 8.33. The van der Waals surface area contributed by atoms with Crippen LogP contribution < -0.4 is 5.32 Å². The van der Waals surface area contributed by atoms with Gasteiger partial charge in [-0.25, -0.2) is 4.39 Å². The van der Waals surface area contributed by atoms with Crippen LogP contribution in [0.1, 0.15) is 28.7 Å². The lowest BCUT2D eigenvalue weighted by molar-refractivity contribution is -0.146. The van der Waals surface area contributed by atoms with Gasteiger partial charge >= 0.3 is 5.97 Å². The van der Waals surface area contributed by atoms with Crippen LogP contribution in [0.5, 0.6) is 0 Å². The monoisotopic (exact) mass is 341 g/mol. The molecule has 2 aromatic rings. The summed E-state index contributed by atoms with van der Waals surface area (Å²) < 4.78 is 18.5. The van der Waals surface area contributed by atoms with Gasteiger partial charge in [-0.2, -0.15) is 0 Å². The number of hydrogen-bond acceptors (Lipinski definition) is 3. The standard InChI is InChI=1S/C20H20FNO3/c1-13-5-8-17(11-18(13)21)22-19(23)12-25-20(24)10-14-6-7-15-3-2-4-16(15)9-14/h5-9,11H,2-4,10,12H2,1H3,(H,22,23). The van der Waals surface area contributed by atoms with Gasteiger partial charge < -0.3 is 10.1 Å². The molecule has 0 unspecified atom stereocenters. The summed E-state index contributed by atoms with van der Waals surface area (Å²) in [5.74, 6) is -1.35. The Morgan fingerprint density at radius 3 is 2.72 bits per heavy atom. The van der Waals surface area contributed by atoms with Crippen molar-refractivity contribution < 1.29 is 18.7 Å². The number of esters is 1.